The minimum atomic E-state index is 0.747. The summed E-state index contributed by atoms with van der Waals surface area (Å²) in [6, 6.07) is 10.5. The summed E-state index contributed by atoms with van der Waals surface area (Å²) >= 11 is 5.33. The van der Waals surface area contributed by atoms with E-state index < -0.39 is 0 Å². The van der Waals surface area contributed by atoms with Gasteiger partial charge in [-0.1, -0.05) is 49.5 Å². The molecule has 94 valence electrons. The van der Waals surface area contributed by atoms with Gasteiger partial charge in [0.25, 0.3) is 0 Å². The van der Waals surface area contributed by atoms with E-state index in [1.54, 1.807) is 0 Å². The standard InChI is InChI=1S/C15H18N2S/c1-3-13-11(2)16-14(17-15(13)18)10-9-12-7-5-4-6-8-12/h4-8H,3,9-10H2,1-2H3,(H,16,17,18). The number of hydrogen-bond acceptors (Lipinski definition) is 2. The zero-order valence-electron chi connectivity index (χ0n) is 10.9. The number of aromatic amines is 1. The van der Waals surface area contributed by atoms with Gasteiger partial charge in [0.05, 0.1) is 0 Å². The highest BCUT2D eigenvalue weighted by atomic mass is 32.1. The predicted octanol–water partition coefficient (Wildman–Crippen LogP) is 3.80. The Labute approximate surface area is 113 Å². The minimum absolute atomic E-state index is 0.747. The van der Waals surface area contributed by atoms with Crippen molar-refractivity contribution in [1.29, 1.82) is 0 Å². The van der Waals surface area contributed by atoms with Gasteiger partial charge in [-0.25, -0.2) is 4.98 Å². The molecule has 0 radical (unpaired) electrons. The Hall–Kier alpha value is -1.48. The van der Waals surface area contributed by atoms with Gasteiger partial charge in [-0.2, -0.15) is 0 Å². The number of nitrogens with one attached hydrogen (secondary N) is 1. The van der Waals surface area contributed by atoms with Crippen molar-refractivity contribution in [2.24, 2.45) is 0 Å². The minimum Gasteiger partial charge on any atom is -0.347 e. The molecule has 0 aliphatic carbocycles. The number of nitrogens with zero attached hydrogens (tertiary/aromatic N) is 1. The van der Waals surface area contributed by atoms with E-state index >= 15 is 0 Å². The molecule has 0 aliphatic heterocycles. The maximum absolute atomic E-state index is 5.33. The summed E-state index contributed by atoms with van der Waals surface area (Å²) in [6.07, 6.45) is 2.83. The predicted molar refractivity (Wildman–Crippen MR) is 77.4 cm³/mol. The molecule has 0 spiro atoms. The first kappa shape index (κ1) is 13.0. The summed E-state index contributed by atoms with van der Waals surface area (Å²) in [4.78, 5) is 7.84. The molecule has 2 nitrogen and oxygen atoms in total. The third kappa shape index (κ3) is 3.05. The Kier molecular flexibility index (Phi) is 4.26. The molecule has 0 saturated carbocycles. The van der Waals surface area contributed by atoms with Crippen LogP contribution in [0.15, 0.2) is 30.3 Å². The van der Waals surface area contributed by atoms with E-state index in [1.807, 2.05) is 6.07 Å². The highest BCUT2D eigenvalue weighted by Crippen LogP contribution is 2.09. The summed E-state index contributed by atoms with van der Waals surface area (Å²) < 4.78 is 0.747. The van der Waals surface area contributed by atoms with Crippen molar-refractivity contribution in [3.8, 4) is 0 Å². The Morgan fingerprint density at radius 2 is 1.89 bits per heavy atom. The van der Waals surface area contributed by atoms with E-state index in [1.165, 1.54) is 5.56 Å². The van der Waals surface area contributed by atoms with E-state index in [0.29, 0.717) is 0 Å². The van der Waals surface area contributed by atoms with Gasteiger partial charge in [-0.15, -0.1) is 0 Å². The monoisotopic (exact) mass is 258 g/mol. The molecule has 0 bridgehead atoms. The Morgan fingerprint density at radius 1 is 1.17 bits per heavy atom. The first-order valence-electron chi connectivity index (χ1n) is 6.33. The van der Waals surface area contributed by atoms with Crippen LogP contribution >= 0.6 is 12.2 Å². The molecular formula is C15H18N2S. The molecule has 1 aromatic carbocycles. The Bertz CT molecular complexity index is 573. The van der Waals surface area contributed by atoms with Crippen molar-refractivity contribution in [1.82, 2.24) is 9.97 Å². The van der Waals surface area contributed by atoms with Crippen LogP contribution in [0.1, 0.15) is 29.6 Å². The van der Waals surface area contributed by atoms with Gasteiger partial charge in [0.2, 0.25) is 0 Å². The highest BCUT2D eigenvalue weighted by Gasteiger charge is 2.03. The molecule has 0 aliphatic rings. The third-order valence-electron chi connectivity index (χ3n) is 3.13. The number of benzene rings is 1. The van der Waals surface area contributed by atoms with Crippen LogP contribution in [0.4, 0.5) is 0 Å². The fourth-order valence-electron chi connectivity index (χ4n) is 2.11. The van der Waals surface area contributed by atoms with Crippen LogP contribution in [0, 0.1) is 11.6 Å². The Morgan fingerprint density at radius 3 is 2.50 bits per heavy atom. The fourth-order valence-corrected chi connectivity index (χ4v) is 2.52. The number of aromatic nitrogens is 2. The second-order valence-electron chi connectivity index (χ2n) is 4.43. The molecule has 18 heavy (non-hydrogen) atoms. The molecule has 0 fully saturated rings. The lowest BCUT2D eigenvalue weighted by atomic mass is 10.1. The quantitative estimate of drug-likeness (QED) is 0.845. The normalized spacial score (nSPS) is 10.6. The second-order valence-corrected chi connectivity index (χ2v) is 4.82. The van der Waals surface area contributed by atoms with E-state index in [-0.39, 0.29) is 0 Å². The molecule has 0 amide bonds. The molecule has 1 N–H and O–H groups in total. The first-order chi connectivity index (χ1) is 8.70. The van der Waals surface area contributed by atoms with Crippen molar-refractivity contribution in [2.45, 2.75) is 33.1 Å². The van der Waals surface area contributed by atoms with Gasteiger partial charge >= 0.3 is 0 Å². The molecule has 0 saturated heterocycles. The van der Waals surface area contributed by atoms with Crippen LogP contribution in [0.25, 0.3) is 0 Å². The lowest BCUT2D eigenvalue weighted by molar-refractivity contribution is 0.826. The molecular weight excluding hydrogens is 240 g/mol. The van der Waals surface area contributed by atoms with Crippen molar-refractivity contribution in [3.63, 3.8) is 0 Å². The van der Waals surface area contributed by atoms with Gasteiger partial charge in [0.15, 0.2) is 0 Å². The van der Waals surface area contributed by atoms with Gasteiger partial charge in [0.1, 0.15) is 10.5 Å². The first-order valence-corrected chi connectivity index (χ1v) is 6.74. The van der Waals surface area contributed by atoms with Crippen molar-refractivity contribution in [3.05, 3.63) is 57.6 Å². The molecule has 2 rings (SSSR count). The van der Waals surface area contributed by atoms with Gasteiger partial charge in [-0.3, -0.25) is 0 Å². The highest BCUT2D eigenvalue weighted by molar-refractivity contribution is 7.71. The van der Waals surface area contributed by atoms with Crippen LogP contribution in [0.2, 0.25) is 0 Å². The number of hydrogen-bond donors (Lipinski definition) is 1. The van der Waals surface area contributed by atoms with Crippen molar-refractivity contribution >= 4 is 12.2 Å². The van der Waals surface area contributed by atoms with E-state index in [4.69, 9.17) is 12.2 Å². The molecule has 0 atom stereocenters. The third-order valence-corrected chi connectivity index (χ3v) is 3.46. The van der Waals surface area contributed by atoms with Crippen LogP contribution in [-0.4, -0.2) is 9.97 Å². The summed E-state index contributed by atoms with van der Waals surface area (Å²) in [7, 11) is 0. The van der Waals surface area contributed by atoms with Gasteiger partial charge in [0, 0.05) is 17.7 Å². The molecule has 3 heteroatoms. The van der Waals surface area contributed by atoms with Crippen LogP contribution in [0.5, 0.6) is 0 Å². The zero-order valence-corrected chi connectivity index (χ0v) is 11.7. The summed E-state index contributed by atoms with van der Waals surface area (Å²) in [5, 5.41) is 0. The largest absolute Gasteiger partial charge is 0.347 e. The zero-order chi connectivity index (χ0) is 13.0. The van der Waals surface area contributed by atoms with Crippen molar-refractivity contribution < 1.29 is 0 Å². The lowest BCUT2D eigenvalue weighted by Gasteiger charge is -2.07. The maximum Gasteiger partial charge on any atom is 0.133 e. The van der Waals surface area contributed by atoms with Gasteiger partial charge < -0.3 is 4.98 Å². The Balaban J connectivity index is 2.14. The molecule has 1 heterocycles. The average Bonchev–Trinajstić information content (AvgIpc) is 2.37. The average molecular weight is 258 g/mol. The van der Waals surface area contributed by atoms with Crippen LogP contribution in [-0.2, 0) is 19.3 Å². The smallest absolute Gasteiger partial charge is 0.133 e. The summed E-state index contributed by atoms with van der Waals surface area (Å²) in [6.45, 7) is 4.18. The maximum atomic E-state index is 5.33. The number of aryl methyl sites for hydroxylation is 3. The van der Waals surface area contributed by atoms with Crippen molar-refractivity contribution in [2.75, 3.05) is 0 Å². The lowest BCUT2D eigenvalue weighted by Crippen LogP contribution is -2.03. The van der Waals surface area contributed by atoms with Crippen LogP contribution in [0.3, 0.4) is 0 Å². The van der Waals surface area contributed by atoms with E-state index in [9.17, 15) is 0 Å². The summed E-state index contributed by atoms with van der Waals surface area (Å²) in [5.74, 6) is 0.985. The van der Waals surface area contributed by atoms with E-state index in [2.05, 4.69) is 48.1 Å². The van der Waals surface area contributed by atoms with E-state index in [0.717, 1.165) is 41.0 Å². The molecule has 0 unspecified atom stereocenters. The number of rotatable bonds is 4. The molecule has 2 aromatic rings. The summed E-state index contributed by atoms with van der Waals surface area (Å²) in [5.41, 5.74) is 3.64. The van der Waals surface area contributed by atoms with Crippen LogP contribution < -0.4 is 0 Å². The fraction of sp³-hybridized carbons (Fsp3) is 0.333. The number of H-pyrrole nitrogens is 1. The molecule has 1 aromatic heterocycles. The van der Waals surface area contributed by atoms with Gasteiger partial charge in [-0.05, 0) is 25.3 Å². The second kappa shape index (κ2) is 5.91. The SMILES string of the molecule is CCc1c(C)[nH]c(CCc2ccccc2)nc1=S. The topological polar surface area (TPSA) is 28.7 Å².